The fraction of sp³-hybridized carbons (Fsp3) is 0.200. The van der Waals surface area contributed by atoms with Gasteiger partial charge in [0.1, 0.15) is 5.82 Å². The number of benzene rings is 2. The molecule has 0 aliphatic carbocycles. The summed E-state index contributed by atoms with van der Waals surface area (Å²) in [4.78, 5) is 0. The summed E-state index contributed by atoms with van der Waals surface area (Å²) in [6.07, 6.45) is -0.730. The van der Waals surface area contributed by atoms with Gasteiger partial charge < -0.3 is 10.4 Å². The zero-order valence-corrected chi connectivity index (χ0v) is 13.2. The molecule has 2 nitrogen and oxygen atoms in total. The Labute approximate surface area is 130 Å². The van der Waals surface area contributed by atoms with E-state index in [1.807, 2.05) is 12.1 Å². The van der Waals surface area contributed by atoms with Crippen molar-refractivity contribution in [3.8, 4) is 0 Å². The van der Waals surface area contributed by atoms with Crippen LogP contribution in [0, 0.1) is 12.7 Å². The van der Waals surface area contributed by atoms with E-state index in [1.165, 1.54) is 6.07 Å². The molecule has 0 fully saturated rings. The van der Waals surface area contributed by atoms with Crippen LogP contribution in [0.25, 0.3) is 0 Å². The van der Waals surface area contributed by atoms with Crippen LogP contribution in [0.4, 0.5) is 10.1 Å². The molecule has 0 aliphatic rings. The van der Waals surface area contributed by atoms with Crippen molar-refractivity contribution in [2.75, 3.05) is 11.9 Å². The molecular weight excluding hydrogens is 345 g/mol. The third-order valence-electron chi connectivity index (χ3n) is 3.02. The van der Waals surface area contributed by atoms with Gasteiger partial charge >= 0.3 is 0 Å². The van der Waals surface area contributed by atoms with E-state index in [0.717, 1.165) is 11.3 Å². The summed E-state index contributed by atoms with van der Waals surface area (Å²) in [6, 6.07) is 10.2. The van der Waals surface area contributed by atoms with Crippen molar-refractivity contribution in [1.29, 1.82) is 0 Å². The maximum Gasteiger partial charge on any atom is 0.137 e. The zero-order valence-electron chi connectivity index (χ0n) is 10.8. The minimum absolute atomic E-state index is 0.294. The van der Waals surface area contributed by atoms with Gasteiger partial charge in [0.05, 0.1) is 10.6 Å². The summed E-state index contributed by atoms with van der Waals surface area (Å²) >= 11 is 9.18. The summed E-state index contributed by atoms with van der Waals surface area (Å²) in [5.74, 6) is -0.306. The Hall–Kier alpha value is -1.10. The van der Waals surface area contributed by atoms with Gasteiger partial charge in [0.25, 0.3) is 0 Å². The molecule has 106 valence electrons. The zero-order chi connectivity index (χ0) is 14.7. The molecule has 1 atom stereocenters. The Kier molecular flexibility index (Phi) is 5.02. The van der Waals surface area contributed by atoms with Gasteiger partial charge in [-0.25, -0.2) is 4.39 Å². The lowest BCUT2D eigenvalue weighted by Crippen LogP contribution is -2.13. The van der Waals surface area contributed by atoms with Crippen LogP contribution in [-0.2, 0) is 0 Å². The highest BCUT2D eigenvalue weighted by Crippen LogP contribution is 2.26. The molecule has 0 bridgehead atoms. The number of hydrogen-bond donors (Lipinski definition) is 2. The van der Waals surface area contributed by atoms with Crippen LogP contribution < -0.4 is 5.32 Å². The Morgan fingerprint density at radius 1 is 1.35 bits per heavy atom. The number of hydrogen-bond acceptors (Lipinski definition) is 2. The second kappa shape index (κ2) is 6.57. The summed E-state index contributed by atoms with van der Waals surface area (Å²) in [5, 5.41) is 13.8. The Morgan fingerprint density at radius 2 is 2.05 bits per heavy atom. The summed E-state index contributed by atoms with van der Waals surface area (Å²) < 4.78 is 13.7. The first kappa shape index (κ1) is 15.3. The maximum absolute atomic E-state index is 13.3. The lowest BCUT2D eigenvalue weighted by Gasteiger charge is -2.16. The number of rotatable bonds is 4. The molecule has 0 saturated heterocycles. The Morgan fingerprint density at radius 3 is 2.75 bits per heavy atom. The molecule has 2 N–H and O–H groups in total. The molecule has 0 amide bonds. The van der Waals surface area contributed by atoms with Gasteiger partial charge in [0.15, 0.2) is 0 Å². The van der Waals surface area contributed by atoms with E-state index in [1.54, 1.807) is 25.1 Å². The predicted molar refractivity (Wildman–Crippen MR) is 83.7 cm³/mol. The average Bonchev–Trinajstić information content (AvgIpc) is 2.41. The fourth-order valence-corrected chi connectivity index (χ4v) is 2.50. The van der Waals surface area contributed by atoms with E-state index in [0.29, 0.717) is 21.6 Å². The number of aliphatic hydroxyl groups excluding tert-OH is 1. The van der Waals surface area contributed by atoms with E-state index < -0.39 is 6.10 Å². The second-order valence-electron chi connectivity index (χ2n) is 4.50. The number of nitrogens with one attached hydrogen (secondary N) is 1. The minimum atomic E-state index is -0.730. The average molecular weight is 359 g/mol. The van der Waals surface area contributed by atoms with Crippen LogP contribution in [0.5, 0.6) is 0 Å². The molecule has 1 unspecified atom stereocenters. The number of halogens is 3. The molecular formula is C15H14BrClFNO. The van der Waals surface area contributed by atoms with Gasteiger partial charge in [0.2, 0.25) is 0 Å². The molecule has 0 saturated carbocycles. The molecule has 0 radical (unpaired) electrons. The van der Waals surface area contributed by atoms with Crippen LogP contribution in [0.2, 0.25) is 5.02 Å². The quantitative estimate of drug-likeness (QED) is 0.830. The SMILES string of the molecule is Cc1cc(F)c(Br)cc1NCC(O)c1ccccc1Cl. The van der Waals surface area contributed by atoms with Crippen molar-refractivity contribution in [2.45, 2.75) is 13.0 Å². The first-order valence-electron chi connectivity index (χ1n) is 6.11. The van der Waals surface area contributed by atoms with Gasteiger partial charge in [-0.2, -0.15) is 0 Å². The third kappa shape index (κ3) is 3.51. The molecule has 20 heavy (non-hydrogen) atoms. The van der Waals surface area contributed by atoms with Crippen LogP contribution >= 0.6 is 27.5 Å². The standard InChI is InChI=1S/C15H14BrClFNO/c1-9-6-13(18)11(16)7-14(9)19-8-15(20)10-4-2-3-5-12(10)17/h2-7,15,19-20H,8H2,1H3. The van der Waals surface area contributed by atoms with E-state index in [9.17, 15) is 9.50 Å². The number of anilines is 1. The lowest BCUT2D eigenvalue weighted by molar-refractivity contribution is 0.191. The molecule has 0 heterocycles. The van der Waals surface area contributed by atoms with Crippen LogP contribution in [0.1, 0.15) is 17.2 Å². The van der Waals surface area contributed by atoms with Crippen molar-refractivity contribution >= 4 is 33.2 Å². The van der Waals surface area contributed by atoms with E-state index in [4.69, 9.17) is 11.6 Å². The van der Waals surface area contributed by atoms with E-state index in [2.05, 4.69) is 21.2 Å². The van der Waals surface area contributed by atoms with Crippen molar-refractivity contribution < 1.29 is 9.50 Å². The van der Waals surface area contributed by atoms with Gasteiger partial charge in [0, 0.05) is 22.8 Å². The largest absolute Gasteiger partial charge is 0.387 e. The summed E-state index contributed by atoms with van der Waals surface area (Å²) in [5.41, 5.74) is 2.21. The normalized spacial score (nSPS) is 12.2. The predicted octanol–water partition coefficient (Wildman–Crippen LogP) is 4.70. The molecule has 2 aromatic rings. The van der Waals surface area contributed by atoms with Gasteiger partial charge in [-0.05, 0) is 46.6 Å². The third-order valence-corrected chi connectivity index (χ3v) is 3.97. The van der Waals surface area contributed by atoms with Crippen molar-refractivity contribution in [2.24, 2.45) is 0 Å². The number of aryl methyl sites for hydroxylation is 1. The van der Waals surface area contributed by atoms with Gasteiger partial charge in [-0.3, -0.25) is 0 Å². The van der Waals surface area contributed by atoms with Crippen molar-refractivity contribution in [1.82, 2.24) is 0 Å². The topological polar surface area (TPSA) is 32.3 Å². The van der Waals surface area contributed by atoms with Crippen molar-refractivity contribution in [3.63, 3.8) is 0 Å². The molecule has 0 spiro atoms. The summed E-state index contributed by atoms with van der Waals surface area (Å²) in [7, 11) is 0. The lowest BCUT2D eigenvalue weighted by atomic mass is 10.1. The first-order valence-corrected chi connectivity index (χ1v) is 7.28. The smallest absolute Gasteiger partial charge is 0.137 e. The Bertz CT molecular complexity index is 621. The number of aliphatic hydroxyl groups is 1. The maximum atomic E-state index is 13.3. The van der Waals surface area contributed by atoms with Gasteiger partial charge in [-0.15, -0.1) is 0 Å². The molecule has 2 aromatic carbocycles. The van der Waals surface area contributed by atoms with Crippen LogP contribution in [-0.4, -0.2) is 11.7 Å². The minimum Gasteiger partial charge on any atom is -0.387 e. The highest BCUT2D eigenvalue weighted by atomic mass is 79.9. The monoisotopic (exact) mass is 357 g/mol. The molecule has 5 heteroatoms. The van der Waals surface area contributed by atoms with Crippen LogP contribution in [0.15, 0.2) is 40.9 Å². The highest BCUT2D eigenvalue weighted by Gasteiger charge is 2.12. The molecule has 0 aliphatic heterocycles. The molecule has 0 aromatic heterocycles. The van der Waals surface area contributed by atoms with E-state index >= 15 is 0 Å². The Balaban J connectivity index is 2.09. The fourth-order valence-electron chi connectivity index (χ4n) is 1.90. The second-order valence-corrected chi connectivity index (χ2v) is 5.76. The van der Waals surface area contributed by atoms with Crippen LogP contribution in [0.3, 0.4) is 0 Å². The van der Waals surface area contributed by atoms with Crippen molar-refractivity contribution in [3.05, 3.63) is 62.8 Å². The van der Waals surface area contributed by atoms with E-state index in [-0.39, 0.29) is 5.82 Å². The highest BCUT2D eigenvalue weighted by molar-refractivity contribution is 9.10. The first-order chi connectivity index (χ1) is 9.49. The molecule has 2 rings (SSSR count). The van der Waals surface area contributed by atoms with Gasteiger partial charge in [-0.1, -0.05) is 29.8 Å². The summed E-state index contributed by atoms with van der Waals surface area (Å²) in [6.45, 7) is 2.10.